The molecule has 1 saturated heterocycles. The number of nitrogens with zero attached hydrogens (tertiary/aromatic N) is 4. The van der Waals surface area contributed by atoms with E-state index in [4.69, 9.17) is 26.1 Å². The van der Waals surface area contributed by atoms with E-state index in [0.717, 1.165) is 11.4 Å². The lowest BCUT2D eigenvalue weighted by Crippen LogP contribution is -2.49. The summed E-state index contributed by atoms with van der Waals surface area (Å²) in [6.45, 7) is 5.01. The average Bonchev–Trinajstić information content (AvgIpc) is 3.39. The van der Waals surface area contributed by atoms with Gasteiger partial charge in [-0.15, -0.1) is 0 Å². The zero-order valence-corrected chi connectivity index (χ0v) is 21.1. The molecule has 0 radical (unpaired) electrons. The molecular formula is C26H27ClN6O4. The van der Waals surface area contributed by atoms with E-state index in [2.05, 4.69) is 20.5 Å². The molecule has 37 heavy (non-hydrogen) atoms. The van der Waals surface area contributed by atoms with Gasteiger partial charge in [-0.05, 0) is 42.5 Å². The molecule has 0 aliphatic carbocycles. The molecule has 2 amide bonds. The van der Waals surface area contributed by atoms with E-state index < -0.39 is 0 Å². The van der Waals surface area contributed by atoms with Crippen molar-refractivity contribution >= 4 is 35.1 Å². The van der Waals surface area contributed by atoms with Crippen molar-refractivity contribution in [2.45, 2.75) is 6.92 Å². The molecule has 11 heteroatoms. The summed E-state index contributed by atoms with van der Waals surface area (Å²) in [4.78, 5) is 37.7. The number of carbonyl (C=O) groups excluding carboxylic acids is 2. The van der Waals surface area contributed by atoms with E-state index >= 15 is 0 Å². The van der Waals surface area contributed by atoms with E-state index in [0.29, 0.717) is 73.0 Å². The molecule has 0 saturated carbocycles. The van der Waals surface area contributed by atoms with E-state index in [1.165, 1.54) is 6.92 Å². The van der Waals surface area contributed by atoms with E-state index in [1.54, 1.807) is 30.3 Å². The molecule has 1 fully saturated rings. The van der Waals surface area contributed by atoms with Gasteiger partial charge in [0.15, 0.2) is 17.3 Å². The lowest BCUT2D eigenvalue weighted by atomic mass is 10.1. The molecule has 0 bridgehead atoms. The first-order chi connectivity index (χ1) is 18.0. The van der Waals surface area contributed by atoms with Crippen molar-refractivity contribution in [3.63, 3.8) is 0 Å². The summed E-state index contributed by atoms with van der Waals surface area (Å²) in [7, 11) is 0. The smallest absolute Gasteiger partial charge is 0.254 e. The molecule has 2 aromatic carbocycles. The minimum absolute atomic E-state index is 0.0391. The molecule has 0 spiro atoms. The van der Waals surface area contributed by atoms with Crippen molar-refractivity contribution in [2.75, 3.05) is 56.3 Å². The highest BCUT2D eigenvalue weighted by Crippen LogP contribution is 2.33. The van der Waals surface area contributed by atoms with Crippen LogP contribution in [0.15, 0.2) is 48.5 Å². The number of hydrogen-bond donors (Lipinski definition) is 2. The van der Waals surface area contributed by atoms with Gasteiger partial charge in [-0.2, -0.15) is 0 Å². The fraction of sp³-hybridized carbons (Fsp3) is 0.308. The van der Waals surface area contributed by atoms with Crippen LogP contribution in [-0.2, 0) is 4.79 Å². The largest absolute Gasteiger partial charge is 0.454 e. The lowest BCUT2D eigenvalue weighted by molar-refractivity contribution is -0.118. The summed E-state index contributed by atoms with van der Waals surface area (Å²) in [6.07, 6.45) is 0. The maximum absolute atomic E-state index is 13.1. The Morgan fingerprint density at radius 3 is 2.46 bits per heavy atom. The second kappa shape index (κ2) is 10.9. The van der Waals surface area contributed by atoms with Crippen molar-refractivity contribution in [3.8, 4) is 22.9 Å². The number of hydrogen-bond acceptors (Lipinski definition) is 8. The maximum atomic E-state index is 13.1. The summed E-state index contributed by atoms with van der Waals surface area (Å²) in [5, 5.41) is 6.67. The summed E-state index contributed by atoms with van der Waals surface area (Å²) in [5.41, 5.74) is 1.42. The minimum Gasteiger partial charge on any atom is -0.454 e. The number of aromatic nitrogens is 2. The van der Waals surface area contributed by atoms with Gasteiger partial charge in [-0.3, -0.25) is 9.59 Å². The Morgan fingerprint density at radius 1 is 0.946 bits per heavy atom. The molecule has 0 atom stereocenters. The van der Waals surface area contributed by atoms with Gasteiger partial charge in [0.25, 0.3) is 5.91 Å². The number of rotatable bonds is 7. The quantitative estimate of drug-likeness (QED) is 0.456. The van der Waals surface area contributed by atoms with Crippen LogP contribution >= 0.6 is 11.6 Å². The molecule has 3 aromatic rings. The highest BCUT2D eigenvalue weighted by molar-refractivity contribution is 6.30. The average molecular weight is 523 g/mol. The van der Waals surface area contributed by atoms with Crippen LogP contribution in [0.2, 0.25) is 5.02 Å². The number of ether oxygens (including phenoxy) is 2. The van der Waals surface area contributed by atoms with Crippen LogP contribution in [0.5, 0.6) is 11.5 Å². The van der Waals surface area contributed by atoms with Crippen LogP contribution in [0.1, 0.15) is 17.3 Å². The third-order valence-electron chi connectivity index (χ3n) is 6.13. The number of carbonyl (C=O) groups is 2. The number of anilines is 2. The van der Waals surface area contributed by atoms with Gasteiger partial charge < -0.3 is 29.9 Å². The molecule has 1 aromatic heterocycles. The monoisotopic (exact) mass is 522 g/mol. The van der Waals surface area contributed by atoms with Gasteiger partial charge in [0.05, 0.1) is 0 Å². The van der Waals surface area contributed by atoms with E-state index in [1.807, 2.05) is 23.1 Å². The molecule has 10 nitrogen and oxygen atoms in total. The summed E-state index contributed by atoms with van der Waals surface area (Å²) < 4.78 is 10.8. The van der Waals surface area contributed by atoms with Gasteiger partial charge >= 0.3 is 0 Å². The fourth-order valence-electron chi connectivity index (χ4n) is 4.19. The highest BCUT2D eigenvalue weighted by Gasteiger charge is 2.25. The SMILES string of the molecule is CC(=O)NCCNc1cc(N2CCN(C(=O)c3ccc4c(c3)OCO4)CC2)nc(-c2ccc(Cl)cc2)n1. The fourth-order valence-corrected chi connectivity index (χ4v) is 4.32. The van der Waals surface area contributed by atoms with Crippen LogP contribution in [0.3, 0.4) is 0 Å². The Balaban J connectivity index is 1.30. The van der Waals surface area contributed by atoms with Crippen molar-refractivity contribution in [2.24, 2.45) is 0 Å². The number of halogens is 1. The van der Waals surface area contributed by atoms with Crippen LogP contribution in [-0.4, -0.2) is 72.7 Å². The third-order valence-corrected chi connectivity index (χ3v) is 6.38. The number of fused-ring (bicyclic) bond motifs is 1. The van der Waals surface area contributed by atoms with Crippen molar-refractivity contribution < 1.29 is 19.1 Å². The Kier molecular flexibility index (Phi) is 7.27. The Labute approximate surface area is 219 Å². The second-order valence-corrected chi connectivity index (χ2v) is 9.14. The van der Waals surface area contributed by atoms with Gasteiger partial charge in [-0.1, -0.05) is 11.6 Å². The highest BCUT2D eigenvalue weighted by atomic mass is 35.5. The Morgan fingerprint density at radius 2 is 1.70 bits per heavy atom. The predicted molar refractivity (Wildman–Crippen MR) is 140 cm³/mol. The van der Waals surface area contributed by atoms with Crippen molar-refractivity contribution in [1.29, 1.82) is 0 Å². The molecule has 0 unspecified atom stereocenters. The summed E-state index contributed by atoms with van der Waals surface area (Å²) in [6, 6.07) is 14.5. The first-order valence-electron chi connectivity index (χ1n) is 12.0. The van der Waals surface area contributed by atoms with E-state index in [9.17, 15) is 9.59 Å². The normalized spacial score (nSPS) is 14.4. The zero-order valence-electron chi connectivity index (χ0n) is 20.4. The topological polar surface area (TPSA) is 109 Å². The van der Waals surface area contributed by atoms with Crippen LogP contribution in [0.25, 0.3) is 11.4 Å². The van der Waals surface area contributed by atoms with Crippen molar-refractivity contribution in [3.05, 3.63) is 59.1 Å². The maximum Gasteiger partial charge on any atom is 0.254 e. The van der Waals surface area contributed by atoms with Crippen molar-refractivity contribution in [1.82, 2.24) is 20.2 Å². The Bertz CT molecular complexity index is 1290. The van der Waals surface area contributed by atoms with Gasteiger partial charge in [-0.25, -0.2) is 9.97 Å². The number of piperazine rings is 1. The summed E-state index contributed by atoms with van der Waals surface area (Å²) >= 11 is 6.06. The molecule has 192 valence electrons. The molecule has 2 aliphatic heterocycles. The molecule has 3 heterocycles. The van der Waals surface area contributed by atoms with Gasteiger partial charge in [0.1, 0.15) is 11.6 Å². The van der Waals surface area contributed by atoms with Crippen LogP contribution < -0.4 is 25.0 Å². The minimum atomic E-state index is -0.0832. The number of amides is 2. The molecule has 2 aliphatic rings. The van der Waals surface area contributed by atoms with Crippen LogP contribution in [0, 0.1) is 0 Å². The first-order valence-corrected chi connectivity index (χ1v) is 12.4. The van der Waals surface area contributed by atoms with Gasteiger partial charge in [0, 0.05) is 68.4 Å². The lowest BCUT2D eigenvalue weighted by Gasteiger charge is -2.35. The summed E-state index contributed by atoms with van der Waals surface area (Å²) in [5.74, 6) is 3.11. The molecular weight excluding hydrogens is 496 g/mol. The van der Waals surface area contributed by atoms with Gasteiger partial charge in [0.2, 0.25) is 12.7 Å². The zero-order chi connectivity index (χ0) is 25.8. The predicted octanol–water partition coefficient (Wildman–Crippen LogP) is 3.04. The number of benzene rings is 2. The number of nitrogens with one attached hydrogen (secondary N) is 2. The molecule has 2 N–H and O–H groups in total. The first kappa shape index (κ1) is 24.6. The third kappa shape index (κ3) is 5.86. The van der Waals surface area contributed by atoms with E-state index in [-0.39, 0.29) is 18.6 Å². The molecule has 5 rings (SSSR count). The van der Waals surface area contributed by atoms with Crippen LogP contribution in [0.4, 0.5) is 11.6 Å². The Hall–Kier alpha value is -4.05. The standard InChI is InChI=1S/C26H27ClN6O4/c1-17(34)28-8-9-29-23-15-24(31-25(30-23)18-2-5-20(27)6-3-18)32-10-12-33(13-11-32)26(35)19-4-7-21-22(14-19)37-16-36-21/h2-7,14-15H,8-13,16H2,1H3,(H,28,34)(H,29,30,31). The second-order valence-electron chi connectivity index (χ2n) is 8.70.